The highest BCUT2D eigenvalue weighted by atomic mass is 14.6. The van der Waals surface area contributed by atoms with Crippen LogP contribution in [0, 0.1) is 5.92 Å². The van der Waals surface area contributed by atoms with Gasteiger partial charge in [0.05, 0.1) is 0 Å². The summed E-state index contributed by atoms with van der Waals surface area (Å²) in [5.41, 5.74) is 6.71. The van der Waals surface area contributed by atoms with Crippen LogP contribution in [-0.4, -0.2) is 0 Å². The molecule has 0 aromatic carbocycles. The Balaban J connectivity index is 2.36. The molecule has 52 valence electrons. The van der Waals surface area contributed by atoms with E-state index < -0.39 is 0 Å². The third-order valence-electron chi connectivity index (χ3n) is 2.13. The van der Waals surface area contributed by atoms with Gasteiger partial charge in [-0.05, 0) is 25.2 Å². The molecule has 0 radical (unpaired) electrons. The Hall–Kier alpha value is -0.460. The van der Waals surface area contributed by atoms with Gasteiger partial charge in [0.15, 0.2) is 0 Å². The fourth-order valence-corrected chi connectivity index (χ4v) is 1.28. The van der Waals surface area contributed by atoms with Gasteiger partial charge in [-0.3, -0.25) is 0 Å². The summed E-state index contributed by atoms with van der Waals surface area (Å²) in [6.07, 6.45) is 7.13. The quantitative estimate of drug-likeness (QED) is 0.570. The molecule has 0 aromatic rings. The monoisotopic (exact) mass is 125 g/mol. The van der Waals surface area contributed by atoms with Gasteiger partial charge in [0.1, 0.15) is 0 Å². The predicted molar refractivity (Wildman–Crippen MR) is 39.9 cm³/mol. The smallest absolute Gasteiger partial charge is 0.00401 e. The average Bonchev–Trinajstić information content (AvgIpc) is 1.90. The maximum atomic E-state index is 5.61. The van der Waals surface area contributed by atoms with E-state index in [1.54, 1.807) is 0 Å². The van der Waals surface area contributed by atoms with Gasteiger partial charge in [-0.1, -0.05) is 19.4 Å². The van der Waals surface area contributed by atoms with Gasteiger partial charge in [0.25, 0.3) is 0 Å². The van der Waals surface area contributed by atoms with Crippen LogP contribution in [0.15, 0.2) is 11.8 Å². The lowest BCUT2D eigenvalue weighted by atomic mass is 9.91. The molecule has 0 bridgehead atoms. The minimum Gasteiger partial charge on any atom is -0.402 e. The molecule has 0 saturated carbocycles. The molecule has 9 heavy (non-hydrogen) atoms. The lowest BCUT2D eigenvalue weighted by molar-refractivity contribution is 0.454. The van der Waals surface area contributed by atoms with Crippen molar-refractivity contribution in [3.8, 4) is 0 Å². The third kappa shape index (κ3) is 1.74. The maximum absolute atomic E-state index is 5.61. The number of rotatable bonds is 1. The minimum absolute atomic E-state index is 0.914. The summed E-state index contributed by atoms with van der Waals surface area (Å²) in [7, 11) is 0. The van der Waals surface area contributed by atoms with Gasteiger partial charge < -0.3 is 5.73 Å². The molecule has 1 atom stereocenters. The van der Waals surface area contributed by atoms with Gasteiger partial charge in [0, 0.05) is 5.70 Å². The molecular weight excluding hydrogens is 110 g/mol. The molecule has 0 fully saturated rings. The molecule has 1 nitrogen and oxygen atoms in total. The van der Waals surface area contributed by atoms with E-state index in [2.05, 4.69) is 13.0 Å². The summed E-state index contributed by atoms with van der Waals surface area (Å²) in [6.45, 7) is 2.25. The van der Waals surface area contributed by atoms with E-state index in [1.807, 2.05) is 0 Å². The van der Waals surface area contributed by atoms with E-state index in [4.69, 9.17) is 5.73 Å². The summed E-state index contributed by atoms with van der Waals surface area (Å²) in [4.78, 5) is 0. The van der Waals surface area contributed by atoms with Crippen molar-refractivity contribution >= 4 is 0 Å². The van der Waals surface area contributed by atoms with Gasteiger partial charge in [-0.25, -0.2) is 0 Å². The fraction of sp³-hybridized carbons (Fsp3) is 0.750. The van der Waals surface area contributed by atoms with E-state index in [0.29, 0.717) is 0 Å². The second kappa shape index (κ2) is 2.90. The van der Waals surface area contributed by atoms with Crippen LogP contribution in [0.25, 0.3) is 0 Å². The highest BCUT2D eigenvalue weighted by Gasteiger charge is 2.09. The highest BCUT2D eigenvalue weighted by Crippen LogP contribution is 2.22. The average molecular weight is 125 g/mol. The zero-order valence-corrected chi connectivity index (χ0v) is 6.06. The fourth-order valence-electron chi connectivity index (χ4n) is 1.28. The molecular formula is C8H15N. The molecule has 1 heteroatoms. The van der Waals surface area contributed by atoms with Crippen molar-refractivity contribution in [3.63, 3.8) is 0 Å². The van der Waals surface area contributed by atoms with Crippen molar-refractivity contribution in [1.82, 2.24) is 0 Å². The Morgan fingerprint density at radius 1 is 1.78 bits per heavy atom. The molecule has 1 unspecified atom stereocenters. The summed E-state index contributed by atoms with van der Waals surface area (Å²) in [5.74, 6) is 0.914. The van der Waals surface area contributed by atoms with E-state index in [1.165, 1.54) is 19.3 Å². The van der Waals surface area contributed by atoms with Crippen LogP contribution in [0.5, 0.6) is 0 Å². The van der Waals surface area contributed by atoms with E-state index in [9.17, 15) is 0 Å². The van der Waals surface area contributed by atoms with E-state index >= 15 is 0 Å². The summed E-state index contributed by atoms with van der Waals surface area (Å²) in [5, 5.41) is 0. The second-order valence-corrected chi connectivity index (χ2v) is 2.83. The Labute approximate surface area is 56.9 Å². The van der Waals surface area contributed by atoms with Gasteiger partial charge in [-0.15, -0.1) is 0 Å². The largest absolute Gasteiger partial charge is 0.402 e. The normalized spacial score (nSPS) is 27.7. The summed E-state index contributed by atoms with van der Waals surface area (Å²) >= 11 is 0. The molecule has 0 heterocycles. The van der Waals surface area contributed by atoms with Gasteiger partial charge in [0.2, 0.25) is 0 Å². The second-order valence-electron chi connectivity index (χ2n) is 2.83. The van der Waals surface area contributed by atoms with Crippen molar-refractivity contribution in [2.45, 2.75) is 32.6 Å². The zero-order valence-electron chi connectivity index (χ0n) is 6.06. The molecule has 0 aliphatic heterocycles. The topological polar surface area (TPSA) is 26.0 Å². The molecule has 0 saturated heterocycles. The molecule has 0 spiro atoms. The molecule has 0 amide bonds. The first-order chi connectivity index (χ1) is 4.33. The molecule has 0 aromatic heterocycles. The van der Waals surface area contributed by atoms with Crippen LogP contribution in [-0.2, 0) is 0 Å². The van der Waals surface area contributed by atoms with Crippen molar-refractivity contribution < 1.29 is 0 Å². The molecule has 1 aliphatic rings. The summed E-state index contributed by atoms with van der Waals surface area (Å²) < 4.78 is 0. The van der Waals surface area contributed by atoms with Crippen molar-refractivity contribution in [3.05, 3.63) is 11.8 Å². The van der Waals surface area contributed by atoms with Crippen molar-refractivity contribution in [1.29, 1.82) is 0 Å². The van der Waals surface area contributed by atoms with Gasteiger partial charge >= 0.3 is 0 Å². The Morgan fingerprint density at radius 3 is 3.00 bits per heavy atom. The Kier molecular flexibility index (Phi) is 2.15. The first-order valence-corrected chi connectivity index (χ1v) is 3.77. The zero-order chi connectivity index (χ0) is 6.69. The van der Waals surface area contributed by atoms with Gasteiger partial charge in [-0.2, -0.15) is 0 Å². The van der Waals surface area contributed by atoms with Crippen LogP contribution in [0.2, 0.25) is 0 Å². The van der Waals surface area contributed by atoms with E-state index in [0.717, 1.165) is 18.0 Å². The van der Waals surface area contributed by atoms with Crippen molar-refractivity contribution in [2.24, 2.45) is 11.7 Å². The van der Waals surface area contributed by atoms with Crippen LogP contribution < -0.4 is 5.73 Å². The lowest BCUT2D eigenvalue weighted by Gasteiger charge is -2.17. The summed E-state index contributed by atoms with van der Waals surface area (Å²) in [6, 6.07) is 0. The van der Waals surface area contributed by atoms with Crippen LogP contribution in [0.1, 0.15) is 32.6 Å². The van der Waals surface area contributed by atoms with Crippen LogP contribution in [0.4, 0.5) is 0 Å². The van der Waals surface area contributed by atoms with Crippen LogP contribution >= 0.6 is 0 Å². The SMILES string of the molecule is CCC1CC=C(N)CC1. The predicted octanol–water partition coefficient (Wildman–Crippen LogP) is 2.04. The molecule has 2 N–H and O–H groups in total. The van der Waals surface area contributed by atoms with Crippen molar-refractivity contribution in [2.75, 3.05) is 0 Å². The Morgan fingerprint density at radius 2 is 2.56 bits per heavy atom. The third-order valence-corrected chi connectivity index (χ3v) is 2.13. The highest BCUT2D eigenvalue weighted by molar-refractivity contribution is 5.01. The van der Waals surface area contributed by atoms with E-state index in [-0.39, 0.29) is 0 Å². The van der Waals surface area contributed by atoms with Crippen LogP contribution in [0.3, 0.4) is 0 Å². The number of allylic oxidation sites excluding steroid dienone is 2. The maximum Gasteiger partial charge on any atom is 0.00401 e. The standard InChI is InChI=1S/C8H15N/c1-2-7-3-5-8(9)6-4-7/h5,7H,2-4,6,9H2,1H3. The first kappa shape index (κ1) is 6.66. The lowest BCUT2D eigenvalue weighted by Crippen LogP contribution is -2.08. The molecule has 1 rings (SSSR count). The molecule has 1 aliphatic carbocycles. The number of hydrogen-bond acceptors (Lipinski definition) is 1. The number of nitrogens with two attached hydrogens (primary N) is 1. The first-order valence-electron chi connectivity index (χ1n) is 3.77. The number of hydrogen-bond donors (Lipinski definition) is 1. The minimum atomic E-state index is 0.914. The Bertz CT molecular complexity index is 116.